The summed E-state index contributed by atoms with van der Waals surface area (Å²) >= 11 is 0. The number of rotatable bonds is 3. The Morgan fingerprint density at radius 2 is 1.57 bits per heavy atom. The first-order chi connectivity index (χ1) is 14.2. The molecule has 152 valence electrons. The Morgan fingerprint density at radius 3 is 2.20 bits per heavy atom. The van der Waals surface area contributed by atoms with Crippen LogP contribution in [0.2, 0.25) is 0 Å². The van der Waals surface area contributed by atoms with Gasteiger partial charge in [0.15, 0.2) is 5.65 Å². The average Bonchev–Trinajstić information content (AvgIpc) is 2.68. The first-order valence-electron chi connectivity index (χ1n) is 8.83. The van der Waals surface area contributed by atoms with E-state index in [4.69, 9.17) is 0 Å². The fourth-order valence-electron chi connectivity index (χ4n) is 3.22. The number of nitrogens with zero attached hydrogens (tertiary/aromatic N) is 3. The van der Waals surface area contributed by atoms with Gasteiger partial charge in [0.05, 0.1) is 5.69 Å². The van der Waals surface area contributed by atoms with Gasteiger partial charge in [0.1, 0.15) is 17.3 Å². The number of hydrogen-bond acceptors (Lipinski definition) is 5. The summed E-state index contributed by atoms with van der Waals surface area (Å²) in [6, 6.07) is 12.8. The highest BCUT2D eigenvalue weighted by atomic mass is 32.2. The van der Waals surface area contributed by atoms with E-state index in [9.17, 15) is 22.0 Å². The zero-order valence-corrected chi connectivity index (χ0v) is 16.7. The van der Waals surface area contributed by atoms with Gasteiger partial charge in [0, 0.05) is 23.3 Å². The quantitative estimate of drug-likeness (QED) is 0.468. The molecule has 0 atom stereocenters. The molecule has 0 saturated heterocycles. The molecule has 0 aliphatic carbocycles. The monoisotopic (exact) mass is 427 g/mol. The van der Waals surface area contributed by atoms with E-state index in [1.54, 1.807) is 12.1 Å². The van der Waals surface area contributed by atoms with Crippen LogP contribution in [0, 0.1) is 18.6 Å². The Kier molecular flexibility index (Phi) is 4.70. The van der Waals surface area contributed by atoms with E-state index in [0.29, 0.717) is 5.56 Å². The Bertz CT molecular complexity index is 1460. The summed E-state index contributed by atoms with van der Waals surface area (Å²) in [6.07, 6.45) is 0.921. The fourth-order valence-corrected chi connectivity index (χ4v) is 3.73. The first kappa shape index (κ1) is 19.8. The van der Waals surface area contributed by atoms with Crippen molar-refractivity contribution in [2.45, 2.75) is 12.1 Å². The third-order valence-corrected chi connectivity index (χ3v) is 5.47. The zero-order valence-electron chi connectivity index (χ0n) is 15.9. The Hall–Kier alpha value is -3.46. The van der Waals surface area contributed by atoms with Gasteiger partial charge in [0.25, 0.3) is 5.56 Å². The van der Waals surface area contributed by atoms with E-state index in [1.807, 2.05) is 19.1 Å². The van der Waals surface area contributed by atoms with Crippen molar-refractivity contribution in [3.8, 4) is 16.9 Å². The second-order valence-corrected chi connectivity index (χ2v) is 8.67. The Morgan fingerprint density at radius 1 is 0.900 bits per heavy atom. The average molecular weight is 427 g/mol. The van der Waals surface area contributed by atoms with Crippen LogP contribution in [0.4, 0.5) is 8.78 Å². The summed E-state index contributed by atoms with van der Waals surface area (Å²) in [5.74, 6) is -1.97. The van der Waals surface area contributed by atoms with Crippen LogP contribution in [0.1, 0.15) is 5.56 Å². The number of fused-ring (bicyclic) bond motifs is 1. The van der Waals surface area contributed by atoms with Crippen molar-refractivity contribution in [3.05, 3.63) is 82.1 Å². The van der Waals surface area contributed by atoms with Gasteiger partial charge in [-0.1, -0.05) is 30.3 Å². The second kappa shape index (κ2) is 7.10. The SMILES string of the molecule is Cc1ccccc1-c1nc(S(C)(=O)=O)nc2c1ccc(=O)n2-c1c(F)cccc1F. The number of para-hydroxylation sites is 1. The molecule has 0 N–H and O–H groups in total. The van der Waals surface area contributed by atoms with Crippen LogP contribution < -0.4 is 5.56 Å². The van der Waals surface area contributed by atoms with Gasteiger partial charge in [-0.3, -0.25) is 9.36 Å². The summed E-state index contributed by atoms with van der Waals surface area (Å²) < 4.78 is 54.2. The standard InChI is InChI=1S/C21H15F2N3O3S/c1-12-6-3-4-7-13(12)18-14-10-11-17(27)26(19-15(22)8-5-9-16(19)23)20(14)25-21(24-18)30(2,28)29/h3-11H,1-2H3. The molecule has 2 heterocycles. The summed E-state index contributed by atoms with van der Waals surface area (Å²) in [5, 5.41) is -0.275. The number of halogens is 2. The molecule has 0 aliphatic rings. The van der Waals surface area contributed by atoms with Gasteiger partial charge in [-0.2, -0.15) is 4.98 Å². The van der Waals surface area contributed by atoms with Crippen LogP contribution in [0.25, 0.3) is 28.0 Å². The van der Waals surface area contributed by atoms with Gasteiger partial charge < -0.3 is 0 Å². The van der Waals surface area contributed by atoms with E-state index in [1.165, 1.54) is 12.1 Å². The molecule has 0 spiro atoms. The van der Waals surface area contributed by atoms with Crippen molar-refractivity contribution in [2.24, 2.45) is 0 Å². The van der Waals surface area contributed by atoms with Crippen LogP contribution >= 0.6 is 0 Å². The number of hydrogen-bond donors (Lipinski definition) is 0. The van der Waals surface area contributed by atoms with Crippen molar-refractivity contribution in [3.63, 3.8) is 0 Å². The van der Waals surface area contributed by atoms with Crippen molar-refractivity contribution in [2.75, 3.05) is 6.26 Å². The molecule has 2 aromatic carbocycles. The Balaban J connectivity index is 2.24. The van der Waals surface area contributed by atoms with Gasteiger partial charge in [-0.15, -0.1) is 0 Å². The molecule has 0 bridgehead atoms. The maximum atomic E-state index is 14.5. The molecule has 0 saturated carbocycles. The number of sulfone groups is 1. The van der Waals surface area contributed by atoms with Gasteiger partial charge in [-0.25, -0.2) is 22.2 Å². The smallest absolute Gasteiger partial charge is 0.256 e. The molecule has 0 unspecified atom stereocenters. The fraction of sp³-hybridized carbons (Fsp3) is 0.0952. The highest BCUT2D eigenvalue weighted by molar-refractivity contribution is 7.90. The molecule has 6 nitrogen and oxygen atoms in total. The summed E-state index contributed by atoms with van der Waals surface area (Å²) in [4.78, 5) is 20.9. The van der Waals surface area contributed by atoms with Crippen molar-refractivity contribution in [1.82, 2.24) is 14.5 Å². The molecular formula is C21H15F2N3O3S. The number of aromatic nitrogens is 3. The minimum atomic E-state index is -3.89. The van der Waals surface area contributed by atoms with Crippen LogP contribution in [0.3, 0.4) is 0 Å². The first-order valence-corrected chi connectivity index (χ1v) is 10.7. The molecule has 4 aromatic rings. The van der Waals surface area contributed by atoms with E-state index >= 15 is 0 Å². The Labute approximate surface area is 170 Å². The molecular weight excluding hydrogens is 412 g/mol. The molecule has 30 heavy (non-hydrogen) atoms. The van der Waals surface area contributed by atoms with E-state index in [0.717, 1.165) is 34.6 Å². The minimum Gasteiger partial charge on any atom is -0.269 e. The van der Waals surface area contributed by atoms with Crippen LogP contribution in [-0.2, 0) is 9.84 Å². The summed E-state index contributed by atoms with van der Waals surface area (Å²) in [7, 11) is -3.89. The minimum absolute atomic E-state index is 0.208. The lowest BCUT2D eigenvalue weighted by Gasteiger charge is -2.15. The number of benzene rings is 2. The molecule has 2 aromatic heterocycles. The maximum Gasteiger partial charge on any atom is 0.256 e. The van der Waals surface area contributed by atoms with Gasteiger partial charge in [-0.05, 0) is 30.7 Å². The lowest BCUT2D eigenvalue weighted by molar-refractivity contribution is 0.568. The van der Waals surface area contributed by atoms with Crippen LogP contribution in [0.5, 0.6) is 0 Å². The van der Waals surface area contributed by atoms with Gasteiger partial charge >= 0.3 is 0 Å². The highest BCUT2D eigenvalue weighted by Gasteiger charge is 2.22. The molecule has 0 fully saturated rings. The third kappa shape index (κ3) is 3.26. The lowest BCUT2D eigenvalue weighted by atomic mass is 10.0. The molecule has 0 amide bonds. The second-order valence-electron chi connectivity index (χ2n) is 6.76. The summed E-state index contributed by atoms with van der Waals surface area (Å²) in [6.45, 7) is 1.82. The predicted molar refractivity (Wildman–Crippen MR) is 108 cm³/mol. The lowest BCUT2D eigenvalue weighted by Crippen LogP contribution is -2.22. The summed E-state index contributed by atoms with van der Waals surface area (Å²) in [5.41, 5.74) is 0.0346. The predicted octanol–water partition coefficient (Wildman–Crippen LogP) is 3.44. The van der Waals surface area contributed by atoms with Crippen LogP contribution in [-0.4, -0.2) is 29.2 Å². The van der Waals surface area contributed by atoms with Crippen molar-refractivity contribution < 1.29 is 17.2 Å². The molecule has 0 aliphatic heterocycles. The van der Waals surface area contributed by atoms with Crippen molar-refractivity contribution >= 4 is 20.9 Å². The van der Waals surface area contributed by atoms with Crippen molar-refractivity contribution in [1.29, 1.82) is 0 Å². The molecule has 4 rings (SSSR count). The van der Waals surface area contributed by atoms with Gasteiger partial charge in [0.2, 0.25) is 15.0 Å². The van der Waals surface area contributed by atoms with Crippen LogP contribution in [0.15, 0.2) is 64.5 Å². The molecule has 0 radical (unpaired) electrons. The molecule has 9 heteroatoms. The largest absolute Gasteiger partial charge is 0.269 e. The number of pyridine rings is 1. The van der Waals surface area contributed by atoms with E-state index in [-0.39, 0.29) is 16.7 Å². The topological polar surface area (TPSA) is 81.9 Å². The highest BCUT2D eigenvalue weighted by Crippen LogP contribution is 2.30. The number of aryl methyl sites for hydroxylation is 1. The normalized spacial score (nSPS) is 11.7. The maximum absolute atomic E-state index is 14.5. The van der Waals surface area contributed by atoms with E-state index in [2.05, 4.69) is 9.97 Å². The zero-order chi connectivity index (χ0) is 21.6. The third-order valence-electron chi connectivity index (χ3n) is 4.62. The van der Waals surface area contributed by atoms with E-state index < -0.39 is 37.9 Å².